The third kappa shape index (κ3) is 4.78. The number of rotatable bonds is 7. The summed E-state index contributed by atoms with van der Waals surface area (Å²) >= 11 is 3.21. The summed E-state index contributed by atoms with van der Waals surface area (Å²) in [6.07, 6.45) is 4.62. The Morgan fingerprint density at radius 3 is 3.07 bits per heavy atom. The molecule has 0 aliphatic heterocycles. The molecule has 3 rings (SSSR count). The van der Waals surface area contributed by atoms with Crippen LogP contribution in [0.25, 0.3) is 22.8 Å². The molecular weight excluding hydrogens is 380 g/mol. The Labute approximate surface area is 164 Å². The van der Waals surface area contributed by atoms with Crippen molar-refractivity contribution in [1.29, 1.82) is 0 Å². The summed E-state index contributed by atoms with van der Waals surface area (Å²) in [6, 6.07) is 7.11. The van der Waals surface area contributed by atoms with E-state index >= 15 is 0 Å². The lowest BCUT2D eigenvalue weighted by molar-refractivity contribution is 0.0954. The number of carbonyl (C=O) groups is 1. The molecule has 27 heavy (non-hydrogen) atoms. The number of nitrogens with two attached hydrogens (primary N) is 1. The second-order valence-electron chi connectivity index (χ2n) is 5.91. The van der Waals surface area contributed by atoms with Crippen LogP contribution >= 0.6 is 23.1 Å². The number of carbonyl (C=O) groups excluding carboxylic acids is 1. The average molecular weight is 401 g/mol. The maximum atomic E-state index is 12.3. The van der Waals surface area contributed by atoms with Crippen molar-refractivity contribution in [2.75, 3.05) is 18.6 Å². The summed E-state index contributed by atoms with van der Waals surface area (Å²) < 4.78 is 0. The van der Waals surface area contributed by atoms with Gasteiger partial charge in [-0.1, -0.05) is 12.1 Å². The zero-order valence-corrected chi connectivity index (χ0v) is 16.5. The lowest BCUT2D eigenvalue weighted by atomic mass is 10.1. The van der Waals surface area contributed by atoms with Crippen molar-refractivity contribution < 1.29 is 4.79 Å². The lowest BCUT2D eigenvalue weighted by Crippen LogP contribution is -2.24. The molecular formula is C19H20N4O2S2. The van der Waals surface area contributed by atoms with Crippen LogP contribution in [0, 0.1) is 0 Å². The Bertz CT molecular complexity index is 1040. The van der Waals surface area contributed by atoms with E-state index in [1.807, 2.05) is 23.1 Å². The summed E-state index contributed by atoms with van der Waals surface area (Å²) in [4.78, 5) is 31.6. The number of thioether (sulfide) groups is 1. The van der Waals surface area contributed by atoms with Crippen LogP contribution in [0.5, 0.6) is 0 Å². The van der Waals surface area contributed by atoms with Crippen LogP contribution < -0.4 is 16.6 Å². The first kappa shape index (κ1) is 19.2. The number of hydrogen-bond donors (Lipinski definition) is 3. The van der Waals surface area contributed by atoms with E-state index < -0.39 is 0 Å². The van der Waals surface area contributed by atoms with Gasteiger partial charge in [-0.15, -0.1) is 11.3 Å². The summed E-state index contributed by atoms with van der Waals surface area (Å²) in [6.45, 7) is 0.641. The van der Waals surface area contributed by atoms with Crippen LogP contribution in [-0.4, -0.2) is 34.4 Å². The van der Waals surface area contributed by atoms with Gasteiger partial charge in [0.25, 0.3) is 11.5 Å². The van der Waals surface area contributed by atoms with Gasteiger partial charge in [-0.3, -0.25) is 9.59 Å². The molecule has 3 aromatic rings. The fourth-order valence-corrected chi connectivity index (χ4v) is 3.68. The Balaban J connectivity index is 1.80. The molecule has 0 saturated carbocycles. The molecule has 1 amide bonds. The second-order valence-corrected chi connectivity index (χ2v) is 7.64. The first-order chi connectivity index (χ1) is 13.1. The Hall–Kier alpha value is -2.58. The molecule has 0 unspecified atom stereocenters. The van der Waals surface area contributed by atoms with Crippen molar-refractivity contribution in [2.24, 2.45) is 5.73 Å². The van der Waals surface area contributed by atoms with Crippen LogP contribution in [0.2, 0.25) is 0 Å². The minimum atomic E-state index is -0.336. The number of amides is 1. The highest BCUT2D eigenvalue weighted by Crippen LogP contribution is 2.16. The highest BCUT2D eigenvalue weighted by Gasteiger charge is 2.09. The van der Waals surface area contributed by atoms with E-state index in [9.17, 15) is 9.59 Å². The van der Waals surface area contributed by atoms with Crippen LogP contribution in [-0.2, 0) is 0 Å². The molecule has 0 atom stereocenters. The monoisotopic (exact) mass is 400 g/mol. The van der Waals surface area contributed by atoms with E-state index in [-0.39, 0.29) is 22.9 Å². The van der Waals surface area contributed by atoms with Gasteiger partial charge in [0.2, 0.25) is 0 Å². The molecule has 0 bridgehead atoms. The first-order valence-electron chi connectivity index (χ1n) is 8.39. The number of aromatic nitrogens is 2. The van der Waals surface area contributed by atoms with Crippen molar-refractivity contribution in [2.45, 2.75) is 6.42 Å². The van der Waals surface area contributed by atoms with Gasteiger partial charge in [-0.25, -0.2) is 4.98 Å². The number of H-pyrrole nitrogens is 1. The first-order valence-corrected chi connectivity index (χ1v) is 10.7. The fourth-order valence-electron chi connectivity index (χ4n) is 2.56. The highest BCUT2D eigenvalue weighted by molar-refractivity contribution is 7.98. The molecule has 0 radical (unpaired) electrons. The third-order valence-corrected chi connectivity index (χ3v) is 5.32. The van der Waals surface area contributed by atoms with E-state index in [0.717, 1.165) is 17.7 Å². The predicted octanol–water partition coefficient (Wildman–Crippen LogP) is 2.92. The van der Waals surface area contributed by atoms with Crippen molar-refractivity contribution in [1.82, 2.24) is 15.3 Å². The van der Waals surface area contributed by atoms with Crippen molar-refractivity contribution >= 4 is 51.8 Å². The van der Waals surface area contributed by atoms with Crippen molar-refractivity contribution in [3.8, 4) is 0 Å². The van der Waals surface area contributed by atoms with Crippen LogP contribution in [0.3, 0.4) is 0 Å². The maximum absolute atomic E-state index is 12.3. The molecule has 0 saturated heterocycles. The fraction of sp³-hybridized carbons (Fsp3) is 0.211. The molecule has 1 aromatic carbocycles. The number of nitrogens with zero attached hydrogens (tertiary/aromatic N) is 1. The topological polar surface area (TPSA) is 101 Å². The molecule has 140 valence electrons. The van der Waals surface area contributed by atoms with E-state index in [1.54, 1.807) is 36.0 Å². The zero-order valence-electron chi connectivity index (χ0n) is 14.8. The number of nitrogens with one attached hydrogen (secondary N) is 2. The smallest absolute Gasteiger partial charge is 0.276 e. The van der Waals surface area contributed by atoms with Crippen LogP contribution in [0.15, 0.2) is 39.8 Å². The Morgan fingerprint density at radius 1 is 1.41 bits per heavy atom. The summed E-state index contributed by atoms with van der Waals surface area (Å²) in [7, 11) is 0. The van der Waals surface area contributed by atoms with E-state index in [2.05, 4.69) is 15.3 Å². The SMILES string of the molecule is CSCCCNC(=O)c1cccc(/C=C(\N)c2nc3cscc3[nH]c2=O)c1. The number of aromatic amines is 1. The zero-order chi connectivity index (χ0) is 19.2. The van der Waals surface area contributed by atoms with Crippen LogP contribution in [0.1, 0.15) is 28.0 Å². The van der Waals surface area contributed by atoms with E-state index in [0.29, 0.717) is 23.1 Å². The van der Waals surface area contributed by atoms with Crippen molar-refractivity contribution in [3.63, 3.8) is 0 Å². The van der Waals surface area contributed by atoms with Gasteiger partial charge in [-0.2, -0.15) is 11.8 Å². The lowest BCUT2D eigenvalue weighted by Gasteiger charge is -2.06. The maximum Gasteiger partial charge on any atom is 0.276 e. The molecule has 2 aromatic heterocycles. The van der Waals surface area contributed by atoms with Gasteiger partial charge in [-0.05, 0) is 42.2 Å². The van der Waals surface area contributed by atoms with Crippen LogP contribution in [0.4, 0.5) is 0 Å². The normalized spacial score (nSPS) is 11.7. The van der Waals surface area contributed by atoms with Gasteiger partial charge in [0.1, 0.15) is 0 Å². The summed E-state index contributed by atoms with van der Waals surface area (Å²) in [5.41, 5.74) is 8.87. The second kappa shape index (κ2) is 8.88. The van der Waals surface area contributed by atoms with Gasteiger partial charge < -0.3 is 16.0 Å². The molecule has 0 aliphatic carbocycles. The summed E-state index contributed by atoms with van der Waals surface area (Å²) in [5.74, 6) is 0.885. The van der Waals surface area contributed by atoms with Crippen molar-refractivity contribution in [3.05, 3.63) is 62.2 Å². The molecule has 2 heterocycles. The minimum absolute atomic E-state index is 0.124. The predicted molar refractivity (Wildman–Crippen MR) is 114 cm³/mol. The molecule has 4 N–H and O–H groups in total. The molecule has 0 fully saturated rings. The van der Waals surface area contributed by atoms with Gasteiger partial charge >= 0.3 is 0 Å². The Kier molecular flexibility index (Phi) is 6.31. The van der Waals surface area contributed by atoms with E-state index in [1.165, 1.54) is 11.3 Å². The molecule has 6 nitrogen and oxygen atoms in total. The molecule has 0 aliphatic rings. The number of hydrogen-bond acceptors (Lipinski definition) is 6. The largest absolute Gasteiger partial charge is 0.397 e. The Morgan fingerprint density at radius 2 is 2.26 bits per heavy atom. The molecule has 8 heteroatoms. The molecule has 0 spiro atoms. The number of thiophene rings is 1. The van der Waals surface area contributed by atoms with Gasteiger partial charge in [0.15, 0.2) is 5.69 Å². The minimum Gasteiger partial charge on any atom is -0.397 e. The van der Waals surface area contributed by atoms with Gasteiger partial charge in [0.05, 0.1) is 16.7 Å². The highest BCUT2D eigenvalue weighted by atomic mass is 32.2. The third-order valence-electron chi connectivity index (χ3n) is 3.89. The standard InChI is InChI=1S/C19H20N4O2S2/c1-26-7-3-6-21-18(24)13-5-2-4-12(8-13)9-14(20)17-19(25)23-16-11-27-10-15(16)22-17/h2,4-5,8-11H,3,6-7,20H2,1H3,(H,21,24)(H,23,25)/b14-9-. The van der Waals surface area contributed by atoms with Gasteiger partial charge in [0, 0.05) is 22.9 Å². The quantitative estimate of drug-likeness (QED) is 0.530. The summed E-state index contributed by atoms with van der Waals surface area (Å²) in [5, 5.41) is 6.58. The average Bonchev–Trinajstić information content (AvgIpc) is 3.11. The number of benzene rings is 1. The number of fused-ring (bicyclic) bond motifs is 1. The van der Waals surface area contributed by atoms with E-state index in [4.69, 9.17) is 5.73 Å².